The van der Waals surface area contributed by atoms with Gasteiger partial charge in [-0.05, 0) is 17.5 Å². The lowest BCUT2D eigenvalue weighted by atomic mass is 10.1. The highest BCUT2D eigenvalue weighted by Crippen LogP contribution is 2.19. The van der Waals surface area contributed by atoms with E-state index in [4.69, 9.17) is 0 Å². The molecular weight excluding hydrogens is 410 g/mol. The van der Waals surface area contributed by atoms with Gasteiger partial charge >= 0.3 is 5.69 Å². The quantitative estimate of drug-likeness (QED) is 0.448. The first-order valence-electron chi connectivity index (χ1n) is 10.1. The Hall–Kier alpha value is -4.14. The molecule has 1 atom stereocenters. The van der Waals surface area contributed by atoms with E-state index in [1.165, 1.54) is 18.7 Å². The van der Waals surface area contributed by atoms with Crippen LogP contribution in [0.15, 0.2) is 70.3 Å². The maximum Gasteiger partial charge on any atom is 0.332 e. The van der Waals surface area contributed by atoms with E-state index in [0.29, 0.717) is 0 Å². The number of anilines is 1. The Morgan fingerprint density at radius 2 is 1.56 bits per heavy atom. The number of benzene rings is 2. The van der Waals surface area contributed by atoms with Crippen molar-refractivity contribution in [1.29, 1.82) is 0 Å². The molecule has 0 aliphatic heterocycles. The monoisotopic (exact) mass is 432 g/mol. The molecule has 0 spiro atoms. The Labute approximate surface area is 183 Å². The van der Waals surface area contributed by atoms with E-state index < -0.39 is 23.3 Å². The second-order valence-corrected chi connectivity index (χ2v) is 7.59. The Kier molecular flexibility index (Phi) is 5.63. The number of carboxylic acid groups (broad SMARTS) is 1. The van der Waals surface area contributed by atoms with Gasteiger partial charge in [0.1, 0.15) is 0 Å². The highest BCUT2D eigenvalue weighted by molar-refractivity contribution is 5.78. The fourth-order valence-corrected chi connectivity index (χ4v) is 3.68. The number of carbonyl (C=O) groups is 1. The van der Waals surface area contributed by atoms with Gasteiger partial charge in [-0.3, -0.25) is 18.5 Å². The van der Waals surface area contributed by atoms with Crippen molar-refractivity contribution >= 4 is 23.1 Å². The largest absolute Gasteiger partial charge is 0.548 e. The van der Waals surface area contributed by atoms with Crippen molar-refractivity contribution in [3.63, 3.8) is 0 Å². The molecule has 0 saturated carbocycles. The molecule has 9 heteroatoms. The van der Waals surface area contributed by atoms with Crippen LogP contribution in [0.25, 0.3) is 11.2 Å². The second-order valence-electron chi connectivity index (χ2n) is 7.59. The Balaban J connectivity index is 1.85. The van der Waals surface area contributed by atoms with Gasteiger partial charge < -0.3 is 15.2 Å². The number of imidazole rings is 1. The fourth-order valence-electron chi connectivity index (χ4n) is 3.68. The van der Waals surface area contributed by atoms with E-state index in [-0.39, 0.29) is 30.1 Å². The van der Waals surface area contributed by atoms with Crippen molar-refractivity contribution in [3.8, 4) is 0 Å². The number of nitrogens with zero attached hydrogens (tertiary/aromatic N) is 4. The molecule has 0 amide bonds. The Morgan fingerprint density at radius 1 is 0.969 bits per heavy atom. The highest BCUT2D eigenvalue weighted by Gasteiger charge is 2.22. The van der Waals surface area contributed by atoms with Gasteiger partial charge in [0.2, 0.25) is 5.95 Å². The number of carbonyl (C=O) groups excluding carboxylic acids is 1. The number of aryl methyl sites for hydroxylation is 1. The summed E-state index contributed by atoms with van der Waals surface area (Å²) in [5.74, 6) is -1.12. The molecule has 4 aromatic rings. The van der Waals surface area contributed by atoms with Crippen LogP contribution < -0.4 is 21.7 Å². The SMILES string of the molecule is Cn1c(=O)c2c(nc(N[C@@H](Cc3ccccc3)C(=O)[O-])n2Cc2ccccc2)n(C)c1=O. The molecule has 2 aromatic heterocycles. The van der Waals surface area contributed by atoms with Crippen LogP contribution in [0.2, 0.25) is 0 Å². The summed E-state index contributed by atoms with van der Waals surface area (Å²) in [6, 6.07) is 17.5. The summed E-state index contributed by atoms with van der Waals surface area (Å²) in [5, 5.41) is 14.8. The van der Waals surface area contributed by atoms with E-state index >= 15 is 0 Å². The van der Waals surface area contributed by atoms with Crippen LogP contribution in [-0.2, 0) is 31.9 Å². The summed E-state index contributed by atoms with van der Waals surface area (Å²) in [7, 11) is 2.92. The minimum absolute atomic E-state index is 0.161. The van der Waals surface area contributed by atoms with Gasteiger partial charge in [0, 0.05) is 14.1 Å². The predicted octanol–water partition coefficient (Wildman–Crippen LogP) is 0.255. The molecule has 32 heavy (non-hydrogen) atoms. The number of aromatic nitrogens is 4. The molecule has 0 bridgehead atoms. The van der Waals surface area contributed by atoms with Crippen LogP contribution in [-0.4, -0.2) is 30.7 Å². The number of hydrogen-bond donors (Lipinski definition) is 1. The Bertz CT molecular complexity index is 1390. The van der Waals surface area contributed by atoms with Gasteiger partial charge in [-0.2, -0.15) is 4.98 Å². The van der Waals surface area contributed by atoms with Gasteiger partial charge in [0.25, 0.3) is 5.56 Å². The summed E-state index contributed by atoms with van der Waals surface area (Å²) in [5.41, 5.74) is 1.06. The average Bonchev–Trinajstić information content (AvgIpc) is 3.15. The van der Waals surface area contributed by atoms with E-state index in [2.05, 4.69) is 10.3 Å². The van der Waals surface area contributed by atoms with Crippen LogP contribution in [0, 0.1) is 0 Å². The van der Waals surface area contributed by atoms with E-state index in [1.54, 1.807) is 4.57 Å². The van der Waals surface area contributed by atoms with Crippen molar-refractivity contribution in [2.75, 3.05) is 5.32 Å². The van der Waals surface area contributed by atoms with Gasteiger partial charge in [-0.1, -0.05) is 60.7 Å². The number of fused-ring (bicyclic) bond motifs is 1. The summed E-state index contributed by atoms with van der Waals surface area (Å²) in [6.07, 6.45) is 0.161. The molecule has 0 aliphatic rings. The first-order chi connectivity index (χ1) is 15.4. The van der Waals surface area contributed by atoms with Crippen molar-refractivity contribution in [2.45, 2.75) is 19.0 Å². The third kappa shape index (κ3) is 3.92. The molecular formula is C23H22N5O4-. The summed E-state index contributed by atoms with van der Waals surface area (Å²) < 4.78 is 3.89. The standard InChI is InChI=1S/C23H23N5O4/c1-26-19-18(20(29)27(2)23(26)32)28(14-16-11-7-4-8-12-16)22(25-19)24-17(21(30)31)13-15-9-5-3-6-10-15/h3-12,17H,13-14H2,1-2H3,(H,24,25)(H,30,31)/p-1/t17-/m0/s1. The number of hydrogen-bond acceptors (Lipinski definition) is 6. The molecule has 164 valence electrons. The molecule has 0 unspecified atom stereocenters. The molecule has 2 heterocycles. The van der Waals surface area contributed by atoms with Crippen LogP contribution >= 0.6 is 0 Å². The third-order valence-corrected chi connectivity index (χ3v) is 5.40. The molecule has 0 fully saturated rings. The van der Waals surface area contributed by atoms with Gasteiger partial charge in [-0.25, -0.2) is 4.79 Å². The minimum atomic E-state index is -1.30. The van der Waals surface area contributed by atoms with Crippen LogP contribution in [0.3, 0.4) is 0 Å². The highest BCUT2D eigenvalue weighted by atomic mass is 16.4. The molecule has 0 aliphatic carbocycles. The van der Waals surface area contributed by atoms with E-state index in [0.717, 1.165) is 15.7 Å². The minimum Gasteiger partial charge on any atom is -0.548 e. The van der Waals surface area contributed by atoms with E-state index in [1.807, 2.05) is 60.7 Å². The van der Waals surface area contributed by atoms with Gasteiger partial charge in [0.15, 0.2) is 11.2 Å². The molecule has 1 N–H and O–H groups in total. The maximum atomic E-state index is 13.0. The normalized spacial score (nSPS) is 12.1. The summed E-state index contributed by atoms with van der Waals surface area (Å²) in [4.78, 5) is 41.7. The van der Waals surface area contributed by atoms with Crippen molar-refractivity contribution < 1.29 is 9.90 Å². The molecule has 2 aromatic carbocycles. The predicted molar refractivity (Wildman–Crippen MR) is 118 cm³/mol. The first-order valence-corrected chi connectivity index (χ1v) is 10.1. The zero-order valence-electron chi connectivity index (χ0n) is 17.7. The zero-order valence-corrected chi connectivity index (χ0v) is 17.7. The zero-order chi connectivity index (χ0) is 22.8. The van der Waals surface area contributed by atoms with Gasteiger partial charge in [-0.15, -0.1) is 0 Å². The van der Waals surface area contributed by atoms with Crippen molar-refractivity contribution in [3.05, 3.63) is 92.6 Å². The number of aliphatic carboxylic acids is 1. The van der Waals surface area contributed by atoms with Crippen molar-refractivity contribution in [1.82, 2.24) is 18.7 Å². The lowest BCUT2D eigenvalue weighted by Crippen LogP contribution is -2.43. The number of carboxylic acids is 1. The molecule has 0 radical (unpaired) electrons. The lowest BCUT2D eigenvalue weighted by Gasteiger charge is -2.21. The van der Waals surface area contributed by atoms with Gasteiger partial charge in [0.05, 0.1) is 18.6 Å². The second kappa shape index (κ2) is 8.54. The number of rotatable bonds is 7. The number of nitrogens with one attached hydrogen (secondary N) is 1. The molecule has 4 rings (SSSR count). The first kappa shape index (κ1) is 21.1. The smallest absolute Gasteiger partial charge is 0.332 e. The topological polar surface area (TPSA) is 114 Å². The van der Waals surface area contributed by atoms with Crippen LogP contribution in [0.4, 0.5) is 5.95 Å². The van der Waals surface area contributed by atoms with Crippen molar-refractivity contribution in [2.24, 2.45) is 14.1 Å². The summed E-state index contributed by atoms with van der Waals surface area (Å²) >= 11 is 0. The fraction of sp³-hybridized carbons (Fsp3) is 0.217. The average molecular weight is 432 g/mol. The Morgan fingerprint density at radius 3 is 2.16 bits per heavy atom. The molecule has 9 nitrogen and oxygen atoms in total. The van der Waals surface area contributed by atoms with E-state index in [9.17, 15) is 19.5 Å². The molecule has 0 saturated heterocycles. The van der Waals surface area contributed by atoms with Crippen LogP contribution in [0.5, 0.6) is 0 Å². The third-order valence-electron chi connectivity index (χ3n) is 5.40. The maximum absolute atomic E-state index is 13.0. The van der Waals surface area contributed by atoms with Crippen LogP contribution in [0.1, 0.15) is 11.1 Å². The lowest BCUT2D eigenvalue weighted by molar-refractivity contribution is -0.306. The summed E-state index contributed by atoms with van der Waals surface area (Å²) in [6.45, 7) is 0.262.